The van der Waals surface area contributed by atoms with Crippen LogP contribution in [0.3, 0.4) is 0 Å². The van der Waals surface area contributed by atoms with Crippen LogP contribution in [0.4, 0.5) is 5.69 Å². The molecule has 2 rings (SSSR count). The molecule has 98 valence electrons. The maximum atomic E-state index is 10.6. The fourth-order valence-corrected chi connectivity index (χ4v) is 2.30. The molecule has 0 bridgehead atoms. The topological polar surface area (TPSA) is 64.3 Å². The summed E-state index contributed by atoms with van der Waals surface area (Å²) in [5.41, 5.74) is 2.22. The number of hydrogen-bond acceptors (Lipinski definition) is 3. The minimum Gasteiger partial charge on any atom is -0.478 e. The van der Waals surface area contributed by atoms with Crippen LogP contribution in [0.2, 0.25) is 0 Å². The number of nitrogens with zero attached hydrogens (tertiary/aromatic N) is 2. The van der Waals surface area contributed by atoms with Gasteiger partial charge in [-0.05, 0) is 49.1 Å². The van der Waals surface area contributed by atoms with Gasteiger partial charge in [-0.1, -0.05) is 0 Å². The fraction of sp³-hybridized carbons (Fsp3) is 0.333. The van der Waals surface area contributed by atoms with Crippen molar-refractivity contribution in [3.63, 3.8) is 0 Å². The molecule has 1 aliphatic rings. The van der Waals surface area contributed by atoms with Crippen LogP contribution in [0.1, 0.15) is 30.4 Å². The van der Waals surface area contributed by atoms with Crippen LogP contribution in [0, 0.1) is 11.3 Å². The van der Waals surface area contributed by atoms with Crippen LogP contribution < -0.4 is 4.90 Å². The van der Waals surface area contributed by atoms with Gasteiger partial charge in [0.05, 0.1) is 11.6 Å². The Morgan fingerprint density at radius 3 is 2.68 bits per heavy atom. The van der Waals surface area contributed by atoms with E-state index < -0.39 is 5.97 Å². The highest BCUT2D eigenvalue weighted by atomic mass is 16.4. The van der Waals surface area contributed by atoms with Crippen molar-refractivity contribution in [2.75, 3.05) is 18.0 Å². The number of rotatable bonds is 3. The smallest absolute Gasteiger partial charge is 0.328 e. The molecular formula is C15H16N2O2. The Labute approximate surface area is 112 Å². The lowest BCUT2D eigenvalue weighted by Gasteiger charge is -2.29. The second-order valence-electron chi connectivity index (χ2n) is 4.60. The predicted molar refractivity (Wildman–Crippen MR) is 73.9 cm³/mol. The lowest BCUT2D eigenvalue weighted by atomic mass is 10.0. The number of nitriles is 1. The van der Waals surface area contributed by atoms with Gasteiger partial charge < -0.3 is 10.0 Å². The molecule has 0 aromatic heterocycles. The summed E-state index contributed by atoms with van der Waals surface area (Å²) in [4.78, 5) is 12.9. The van der Waals surface area contributed by atoms with Crippen LogP contribution in [-0.4, -0.2) is 24.2 Å². The summed E-state index contributed by atoms with van der Waals surface area (Å²) >= 11 is 0. The first-order valence-corrected chi connectivity index (χ1v) is 6.41. The van der Waals surface area contributed by atoms with Gasteiger partial charge in [0.2, 0.25) is 0 Å². The Balaban J connectivity index is 2.29. The van der Waals surface area contributed by atoms with Crippen LogP contribution in [0.25, 0.3) is 6.08 Å². The lowest BCUT2D eigenvalue weighted by molar-refractivity contribution is -0.131. The zero-order chi connectivity index (χ0) is 13.7. The number of hydrogen-bond donors (Lipinski definition) is 1. The van der Waals surface area contributed by atoms with Gasteiger partial charge >= 0.3 is 5.97 Å². The summed E-state index contributed by atoms with van der Waals surface area (Å²) in [6.45, 7) is 2.04. The first-order chi connectivity index (χ1) is 9.20. The van der Waals surface area contributed by atoms with Crippen LogP contribution >= 0.6 is 0 Å². The number of carboxylic acids is 1. The molecule has 1 N–H and O–H groups in total. The summed E-state index contributed by atoms with van der Waals surface area (Å²) in [6.07, 6.45) is 6.17. The highest BCUT2D eigenvalue weighted by molar-refractivity contribution is 5.86. The first-order valence-electron chi connectivity index (χ1n) is 6.41. The highest BCUT2D eigenvalue weighted by Crippen LogP contribution is 2.23. The molecule has 19 heavy (non-hydrogen) atoms. The van der Waals surface area contributed by atoms with E-state index in [2.05, 4.69) is 11.0 Å². The molecule has 0 amide bonds. The molecule has 0 unspecified atom stereocenters. The second-order valence-corrected chi connectivity index (χ2v) is 4.60. The zero-order valence-corrected chi connectivity index (χ0v) is 10.7. The van der Waals surface area contributed by atoms with Crippen LogP contribution in [-0.2, 0) is 4.79 Å². The summed E-state index contributed by atoms with van der Waals surface area (Å²) < 4.78 is 0. The molecule has 1 aromatic carbocycles. The van der Waals surface area contributed by atoms with Crippen molar-refractivity contribution >= 4 is 17.7 Å². The van der Waals surface area contributed by atoms with Gasteiger partial charge in [-0.3, -0.25) is 0 Å². The number of piperidine rings is 1. The predicted octanol–water partition coefficient (Wildman–Crippen LogP) is 2.65. The van der Waals surface area contributed by atoms with Gasteiger partial charge in [-0.2, -0.15) is 5.26 Å². The average molecular weight is 256 g/mol. The van der Waals surface area contributed by atoms with Gasteiger partial charge in [0, 0.05) is 24.9 Å². The number of aliphatic carboxylic acids is 1. The van der Waals surface area contributed by atoms with E-state index in [4.69, 9.17) is 10.4 Å². The third kappa shape index (κ3) is 3.35. The van der Waals surface area contributed by atoms with E-state index in [0.717, 1.165) is 24.9 Å². The third-order valence-corrected chi connectivity index (χ3v) is 3.28. The van der Waals surface area contributed by atoms with Crippen molar-refractivity contribution in [3.05, 3.63) is 35.4 Å². The molecular weight excluding hydrogens is 240 g/mol. The largest absolute Gasteiger partial charge is 0.478 e. The van der Waals surface area contributed by atoms with E-state index in [-0.39, 0.29) is 0 Å². The van der Waals surface area contributed by atoms with Crippen LogP contribution in [0.5, 0.6) is 0 Å². The first kappa shape index (κ1) is 13.2. The maximum Gasteiger partial charge on any atom is 0.328 e. The van der Waals surface area contributed by atoms with Crippen LogP contribution in [0.15, 0.2) is 24.3 Å². The molecule has 1 heterocycles. The van der Waals surface area contributed by atoms with E-state index in [1.807, 2.05) is 12.1 Å². The van der Waals surface area contributed by atoms with E-state index in [1.165, 1.54) is 25.3 Å². The monoisotopic (exact) mass is 256 g/mol. The molecule has 1 aromatic rings. The van der Waals surface area contributed by atoms with E-state index in [1.54, 1.807) is 6.07 Å². The van der Waals surface area contributed by atoms with E-state index in [0.29, 0.717) is 11.1 Å². The summed E-state index contributed by atoms with van der Waals surface area (Å²) in [6, 6.07) is 7.67. The molecule has 0 spiro atoms. The van der Waals surface area contributed by atoms with Crippen molar-refractivity contribution in [2.24, 2.45) is 0 Å². The Bertz CT molecular complexity index is 538. The molecule has 4 nitrogen and oxygen atoms in total. The minimum absolute atomic E-state index is 0.498. The normalized spacial score (nSPS) is 15.4. The van der Waals surface area contributed by atoms with Gasteiger partial charge in [-0.25, -0.2) is 4.79 Å². The average Bonchev–Trinajstić information content (AvgIpc) is 2.45. The number of benzene rings is 1. The van der Waals surface area contributed by atoms with Crippen molar-refractivity contribution < 1.29 is 9.90 Å². The molecule has 0 saturated carbocycles. The van der Waals surface area contributed by atoms with Gasteiger partial charge in [-0.15, -0.1) is 0 Å². The Hall–Kier alpha value is -2.28. The fourth-order valence-electron chi connectivity index (χ4n) is 2.30. The quantitative estimate of drug-likeness (QED) is 0.844. The van der Waals surface area contributed by atoms with Gasteiger partial charge in [0.1, 0.15) is 0 Å². The number of carboxylic acid groups (broad SMARTS) is 1. The van der Waals surface area contributed by atoms with Crippen molar-refractivity contribution in [1.29, 1.82) is 5.26 Å². The zero-order valence-electron chi connectivity index (χ0n) is 10.7. The summed E-state index contributed by atoms with van der Waals surface area (Å²) in [5.74, 6) is -1.01. The standard InChI is InChI=1S/C15H16N2O2/c16-11-13-4-6-14(17-8-2-1-3-9-17)10-12(13)5-7-15(18)19/h4-7,10H,1-3,8-9H2,(H,18,19)/b7-5-. The van der Waals surface area contributed by atoms with Gasteiger partial charge in [0.25, 0.3) is 0 Å². The molecule has 1 fully saturated rings. The maximum absolute atomic E-state index is 10.6. The SMILES string of the molecule is N#Cc1ccc(N2CCCCC2)cc1/C=C\C(=O)O. The van der Waals surface area contributed by atoms with Crippen molar-refractivity contribution in [3.8, 4) is 6.07 Å². The molecule has 1 aliphatic heterocycles. The Morgan fingerprint density at radius 1 is 1.32 bits per heavy atom. The third-order valence-electron chi connectivity index (χ3n) is 3.28. The second kappa shape index (κ2) is 6.05. The van der Waals surface area contributed by atoms with Gasteiger partial charge in [0.15, 0.2) is 0 Å². The van der Waals surface area contributed by atoms with E-state index >= 15 is 0 Å². The summed E-state index contributed by atoms with van der Waals surface area (Å²) in [5, 5.41) is 17.7. The number of carbonyl (C=O) groups is 1. The minimum atomic E-state index is -1.01. The molecule has 0 radical (unpaired) electrons. The van der Waals surface area contributed by atoms with Crippen molar-refractivity contribution in [1.82, 2.24) is 0 Å². The van der Waals surface area contributed by atoms with E-state index in [9.17, 15) is 4.79 Å². The molecule has 1 saturated heterocycles. The number of anilines is 1. The summed E-state index contributed by atoms with van der Waals surface area (Å²) in [7, 11) is 0. The molecule has 4 heteroatoms. The Kier molecular flexibility index (Phi) is 4.19. The lowest BCUT2D eigenvalue weighted by Crippen LogP contribution is -2.29. The van der Waals surface area contributed by atoms with Crippen molar-refractivity contribution in [2.45, 2.75) is 19.3 Å². The molecule has 0 aliphatic carbocycles. The highest BCUT2D eigenvalue weighted by Gasteiger charge is 2.12. The molecule has 0 atom stereocenters. The Morgan fingerprint density at radius 2 is 2.05 bits per heavy atom.